The first-order valence-electron chi connectivity index (χ1n) is 9.07. The predicted molar refractivity (Wildman–Crippen MR) is 117 cm³/mol. The number of halogens is 2. The molecule has 0 saturated carbocycles. The highest BCUT2D eigenvalue weighted by Crippen LogP contribution is 2.34. The van der Waals surface area contributed by atoms with Crippen molar-refractivity contribution in [1.82, 2.24) is 5.32 Å². The summed E-state index contributed by atoms with van der Waals surface area (Å²) >= 11 is 12.4. The summed E-state index contributed by atoms with van der Waals surface area (Å²) in [6.07, 6.45) is 0. The van der Waals surface area contributed by atoms with E-state index >= 15 is 0 Å². The van der Waals surface area contributed by atoms with E-state index < -0.39 is 5.97 Å². The molecule has 0 aliphatic carbocycles. The van der Waals surface area contributed by atoms with E-state index in [1.54, 1.807) is 18.2 Å². The van der Waals surface area contributed by atoms with Gasteiger partial charge in [-0.3, -0.25) is 4.79 Å². The number of carbonyl (C=O) groups excluding carboxylic acids is 1. The average molecular weight is 455 g/mol. The number of benzene rings is 2. The lowest BCUT2D eigenvalue weighted by Gasteiger charge is -2.21. The number of amides is 1. The third-order valence-electron chi connectivity index (χ3n) is 3.89. The van der Waals surface area contributed by atoms with E-state index in [1.165, 1.54) is 19.2 Å². The quantitative estimate of drug-likeness (QED) is 0.538. The Morgan fingerprint density at radius 3 is 2.33 bits per heavy atom. The maximum Gasteiger partial charge on any atom is 0.337 e. The van der Waals surface area contributed by atoms with Crippen molar-refractivity contribution in [2.24, 2.45) is 0 Å². The number of aromatic carboxylic acids is 1. The lowest BCUT2D eigenvalue weighted by molar-refractivity contribution is -0.124. The van der Waals surface area contributed by atoms with Gasteiger partial charge in [0.15, 0.2) is 18.1 Å². The van der Waals surface area contributed by atoms with Crippen LogP contribution in [0.2, 0.25) is 10.0 Å². The van der Waals surface area contributed by atoms with Crippen LogP contribution in [0.4, 0.5) is 5.69 Å². The number of hydrogen-bond acceptors (Lipinski definition) is 5. The summed E-state index contributed by atoms with van der Waals surface area (Å²) in [6.45, 7) is 5.81. The van der Waals surface area contributed by atoms with E-state index in [2.05, 4.69) is 10.6 Å². The fourth-order valence-electron chi connectivity index (χ4n) is 2.58. The number of carboxylic acid groups (broad SMARTS) is 1. The molecule has 9 heteroatoms. The van der Waals surface area contributed by atoms with Crippen molar-refractivity contribution < 1.29 is 24.2 Å². The highest BCUT2D eigenvalue weighted by Gasteiger charge is 2.16. The number of methoxy groups -OCH3 is 1. The van der Waals surface area contributed by atoms with Gasteiger partial charge in [-0.05, 0) is 50.6 Å². The maximum absolute atomic E-state index is 12.0. The fraction of sp³-hybridized carbons (Fsp3) is 0.333. The standard InChI is InChI=1S/C21H24Cl2N2O5/c1-21(2,3)25-19(26)11-30-18-9-15(22)12(7-17(18)29-4)10-24-13-5-6-14(20(27)28)16(23)8-13/h5-9,24H,10-11H2,1-4H3,(H,25,26)(H,27,28). The number of carbonyl (C=O) groups is 2. The van der Waals surface area contributed by atoms with Gasteiger partial charge in [-0.2, -0.15) is 0 Å². The number of anilines is 1. The van der Waals surface area contributed by atoms with Gasteiger partial charge in [-0.25, -0.2) is 4.79 Å². The Bertz CT molecular complexity index is 942. The van der Waals surface area contributed by atoms with Gasteiger partial charge in [0.2, 0.25) is 0 Å². The Morgan fingerprint density at radius 2 is 1.77 bits per heavy atom. The summed E-state index contributed by atoms with van der Waals surface area (Å²) in [5, 5.41) is 15.5. The van der Waals surface area contributed by atoms with Crippen molar-refractivity contribution in [3.63, 3.8) is 0 Å². The molecule has 0 fully saturated rings. The van der Waals surface area contributed by atoms with Crippen molar-refractivity contribution in [2.45, 2.75) is 32.9 Å². The van der Waals surface area contributed by atoms with Gasteiger partial charge in [-0.1, -0.05) is 23.2 Å². The Morgan fingerprint density at radius 1 is 1.07 bits per heavy atom. The lowest BCUT2D eigenvalue weighted by Crippen LogP contribution is -2.43. The Balaban J connectivity index is 2.09. The number of ether oxygens (including phenoxy) is 2. The normalized spacial score (nSPS) is 11.0. The van der Waals surface area contributed by atoms with Gasteiger partial charge in [0.1, 0.15) is 0 Å². The van der Waals surface area contributed by atoms with Gasteiger partial charge in [0, 0.05) is 28.9 Å². The van der Waals surface area contributed by atoms with Crippen LogP contribution in [0.25, 0.3) is 0 Å². The van der Waals surface area contributed by atoms with Crippen molar-refractivity contribution in [2.75, 3.05) is 19.0 Å². The number of hydrogen-bond donors (Lipinski definition) is 3. The number of carboxylic acids is 1. The fourth-order valence-corrected chi connectivity index (χ4v) is 3.06. The van der Waals surface area contributed by atoms with Gasteiger partial charge in [0.05, 0.1) is 17.7 Å². The van der Waals surface area contributed by atoms with Crippen LogP contribution in [0.1, 0.15) is 36.7 Å². The molecular formula is C21H24Cl2N2O5. The van der Waals surface area contributed by atoms with E-state index in [9.17, 15) is 9.59 Å². The van der Waals surface area contributed by atoms with Crippen LogP contribution in [0.15, 0.2) is 30.3 Å². The molecule has 0 radical (unpaired) electrons. The summed E-state index contributed by atoms with van der Waals surface area (Å²) in [7, 11) is 1.49. The van der Waals surface area contributed by atoms with Crippen LogP contribution in [-0.4, -0.2) is 36.2 Å². The zero-order valence-electron chi connectivity index (χ0n) is 17.1. The molecule has 7 nitrogen and oxygen atoms in total. The Kier molecular flexibility index (Phi) is 7.81. The molecular weight excluding hydrogens is 431 g/mol. The molecule has 0 aliphatic rings. The van der Waals surface area contributed by atoms with E-state index in [-0.39, 0.29) is 28.6 Å². The SMILES string of the molecule is COc1cc(CNc2ccc(C(=O)O)c(Cl)c2)c(Cl)cc1OCC(=O)NC(C)(C)C. The van der Waals surface area contributed by atoms with Crippen LogP contribution < -0.4 is 20.1 Å². The van der Waals surface area contributed by atoms with Crippen molar-refractivity contribution in [3.05, 3.63) is 51.5 Å². The van der Waals surface area contributed by atoms with Gasteiger partial charge in [-0.15, -0.1) is 0 Å². The first kappa shape index (κ1) is 23.6. The molecule has 30 heavy (non-hydrogen) atoms. The van der Waals surface area contributed by atoms with Crippen molar-refractivity contribution >= 4 is 40.8 Å². The highest BCUT2D eigenvalue weighted by atomic mass is 35.5. The summed E-state index contributed by atoms with van der Waals surface area (Å²) < 4.78 is 10.9. The maximum atomic E-state index is 12.0. The highest BCUT2D eigenvalue weighted by molar-refractivity contribution is 6.33. The molecule has 1 amide bonds. The van der Waals surface area contributed by atoms with E-state index in [0.29, 0.717) is 28.8 Å². The van der Waals surface area contributed by atoms with Crippen LogP contribution in [0, 0.1) is 0 Å². The molecule has 0 aromatic heterocycles. The predicted octanol–water partition coefficient (Wildman–Crippen LogP) is 4.61. The van der Waals surface area contributed by atoms with Gasteiger partial charge in [0.25, 0.3) is 5.91 Å². The zero-order chi connectivity index (χ0) is 22.5. The summed E-state index contributed by atoms with van der Waals surface area (Å²) in [4.78, 5) is 23.0. The molecule has 2 rings (SSSR count). The number of nitrogens with one attached hydrogen (secondary N) is 2. The number of rotatable bonds is 8. The van der Waals surface area contributed by atoms with Gasteiger partial charge >= 0.3 is 5.97 Å². The van der Waals surface area contributed by atoms with E-state index in [4.69, 9.17) is 37.8 Å². The molecule has 0 spiro atoms. The second-order valence-corrected chi connectivity index (χ2v) is 8.35. The minimum Gasteiger partial charge on any atom is -0.493 e. The Labute approximate surface area is 185 Å². The summed E-state index contributed by atoms with van der Waals surface area (Å²) in [5.74, 6) is -0.567. The largest absolute Gasteiger partial charge is 0.493 e. The Hall–Kier alpha value is -2.64. The minimum atomic E-state index is -1.09. The molecule has 2 aromatic rings. The molecule has 0 saturated heterocycles. The topological polar surface area (TPSA) is 96.9 Å². The van der Waals surface area contributed by atoms with Crippen molar-refractivity contribution in [1.29, 1.82) is 0 Å². The molecule has 162 valence electrons. The summed E-state index contributed by atoms with van der Waals surface area (Å²) in [6, 6.07) is 7.86. The third kappa shape index (κ3) is 6.71. The molecule has 0 atom stereocenters. The second kappa shape index (κ2) is 9.91. The van der Waals surface area contributed by atoms with E-state index in [1.807, 2.05) is 20.8 Å². The second-order valence-electron chi connectivity index (χ2n) is 7.53. The van der Waals surface area contributed by atoms with Gasteiger partial charge < -0.3 is 25.2 Å². The van der Waals surface area contributed by atoms with Crippen LogP contribution in [0.3, 0.4) is 0 Å². The molecule has 0 unspecified atom stereocenters. The smallest absolute Gasteiger partial charge is 0.337 e. The molecule has 2 aromatic carbocycles. The first-order valence-corrected chi connectivity index (χ1v) is 9.82. The van der Waals surface area contributed by atoms with Crippen LogP contribution >= 0.6 is 23.2 Å². The molecule has 0 heterocycles. The summed E-state index contributed by atoms with van der Waals surface area (Å²) in [5.41, 5.74) is 1.03. The lowest BCUT2D eigenvalue weighted by atomic mass is 10.1. The minimum absolute atomic E-state index is 0.0268. The molecule has 0 aliphatic heterocycles. The van der Waals surface area contributed by atoms with Crippen molar-refractivity contribution in [3.8, 4) is 11.5 Å². The average Bonchev–Trinajstić information content (AvgIpc) is 2.63. The first-order chi connectivity index (χ1) is 14.0. The van der Waals surface area contributed by atoms with E-state index in [0.717, 1.165) is 5.56 Å². The third-order valence-corrected chi connectivity index (χ3v) is 4.55. The monoisotopic (exact) mass is 454 g/mol. The molecule has 3 N–H and O–H groups in total. The van der Waals surface area contributed by atoms with Crippen LogP contribution in [0.5, 0.6) is 11.5 Å². The zero-order valence-corrected chi connectivity index (χ0v) is 18.6. The van der Waals surface area contributed by atoms with Crippen LogP contribution in [-0.2, 0) is 11.3 Å². The molecule has 0 bridgehead atoms.